The number of rotatable bonds is 4. The highest BCUT2D eigenvalue weighted by Gasteiger charge is 2.31. The first-order valence-corrected chi connectivity index (χ1v) is 7.64. The van der Waals surface area contributed by atoms with Gasteiger partial charge in [0.25, 0.3) is 0 Å². The van der Waals surface area contributed by atoms with Crippen LogP contribution in [0, 0.1) is 9.49 Å². The van der Waals surface area contributed by atoms with Crippen molar-refractivity contribution in [1.29, 1.82) is 0 Å². The van der Waals surface area contributed by atoms with Crippen molar-refractivity contribution >= 4 is 22.6 Å². The van der Waals surface area contributed by atoms with Gasteiger partial charge in [-0.2, -0.15) is 0 Å². The molecule has 1 aromatic carbocycles. The van der Waals surface area contributed by atoms with Gasteiger partial charge in [0.2, 0.25) is 0 Å². The first-order valence-electron chi connectivity index (χ1n) is 6.56. The summed E-state index contributed by atoms with van der Waals surface area (Å²) in [6.07, 6.45) is 3.72. The summed E-state index contributed by atoms with van der Waals surface area (Å²) in [7, 11) is 0. The van der Waals surface area contributed by atoms with Crippen LogP contribution in [0.1, 0.15) is 63.0 Å². The molecule has 2 heteroatoms. The van der Waals surface area contributed by atoms with Gasteiger partial charge in [0.1, 0.15) is 5.75 Å². The SMILES string of the molecule is CC[C@H](C)c1cc(I)cc([C@H](C)C2CC2)c1O. The molecule has 1 N–H and O–H groups in total. The van der Waals surface area contributed by atoms with Gasteiger partial charge in [-0.25, -0.2) is 0 Å². The Balaban J connectivity index is 2.41. The fourth-order valence-electron chi connectivity index (χ4n) is 2.43. The van der Waals surface area contributed by atoms with Crippen LogP contribution in [0.25, 0.3) is 0 Å². The van der Waals surface area contributed by atoms with Crippen LogP contribution < -0.4 is 0 Å². The highest BCUT2D eigenvalue weighted by Crippen LogP contribution is 2.46. The van der Waals surface area contributed by atoms with E-state index in [1.807, 2.05) is 0 Å². The van der Waals surface area contributed by atoms with Gasteiger partial charge in [0.15, 0.2) is 0 Å². The van der Waals surface area contributed by atoms with Gasteiger partial charge < -0.3 is 5.11 Å². The smallest absolute Gasteiger partial charge is 0.122 e. The molecule has 0 amide bonds. The molecule has 2 atom stereocenters. The maximum Gasteiger partial charge on any atom is 0.122 e. The molecule has 0 aliphatic heterocycles. The summed E-state index contributed by atoms with van der Waals surface area (Å²) in [6.45, 7) is 6.62. The summed E-state index contributed by atoms with van der Waals surface area (Å²) in [5.41, 5.74) is 2.29. The Morgan fingerprint density at radius 3 is 2.41 bits per heavy atom. The topological polar surface area (TPSA) is 20.2 Å². The average Bonchev–Trinajstić information content (AvgIpc) is 3.13. The molecule has 1 aliphatic carbocycles. The van der Waals surface area contributed by atoms with E-state index in [9.17, 15) is 5.11 Å². The molecule has 1 fully saturated rings. The standard InChI is InChI=1S/C15H21IO/c1-4-9(2)13-7-12(16)8-14(15(13)17)10(3)11-5-6-11/h7-11,17H,4-6H2,1-3H3/t9-,10+/m0/s1. The quantitative estimate of drug-likeness (QED) is 0.760. The zero-order valence-electron chi connectivity index (χ0n) is 10.8. The Morgan fingerprint density at radius 1 is 1.29 bits per heavy atom. The Hall–Kier alpha value is -0.250. The van der Waals surface area contributed by atoms with E-state index < -0.39 is 0 Å². The van der Waals surface area contributed by atoms with Crippen molar-refractivity contribution in [1.82, 2.24) is 0 Å². The van der Waals surface area contributed by atoms with Crippen molar-refractivity contribution in [3.63, 3.8) is 0 Å². The van der Waals surface area contributed by atoms with Crippen LogP contribution >= 0.6 is 22.6 Å². The lowest BCUT2D eigenvalue weighted by atomic mass is 9.89. The minimum Gasteiger partial charge on any atom is -0.507 e. The molecule has 17 heavy (non-hydrogen) atoms. The Morgan fingerprint density at radius 2 is 1.88 bits per heavy atom. The zero-order chi connectivity index (χ0) is 12.6. The van der Waals surface area contributed by atoms with Crippen LogP contribution in [0.4, 0.5) is 0 Å². The molecule has 0 unspecified atom stereocenters. The second-order valence-electron chi connectivity index (χ2n) is 5.37. The molecule has 1 aromatic rings. The lowest BCUT2D eigenvalue weighted by molar-refractivity contribution is 0.446. The molecular formula is C15H21IO. The number of halogens is 1. The molecule has 0 radical (unpaired) electrons. The lowest BCUT2D eigenvalue weighted by Gasteiger charge is -2.19. The van der Waals surface area contributed by atoms with Crippen molar-refractivity contribution in [2.45, 2.75) is 51.9 Å². The minimum absolute atomic E-state index is 0.440. The molecule has 0 spiro atoms. The fraction of sp³-hybridized carbons (Fsp3) is 0.600. The van der Waals surface area contributed by atoms with Crippen LogP contribution in [0.15, 0.2) is 12.1 Å². The normalized spacial score (nSPS) is 19.1. The van der Waals surface area contributed by atoms with Crippen LogP contribution in [0.5, 0.6) is 5.75 Å². The number of hydrogen-bond donors (Lipinski definition) is 1. The van der Waals surface area contributed by atoms with E-state index in [1.54, 1.807) is 0 Å². The molecule has 1 saturated carbocycles. The number of hydrogen-bond acceptors (Lipinski definition) is 1. The molecule has 0 heterocycles. The third kappa shape index (κ3) is 2.78. The molecule has 0 bridgehead atoms. The Kier molecular flexibility index (Phi) is 4.01. The van der Waals surface area contributed by atoms with Gasteiger partial charge in [-0.3, -0.25) is 0 Å². The average molecular weight is 344 g/mol. The Labute approximate surface area is 118 Å². The van der Waals surface area contributed by atoms with Crippen LogP contribution in [0.3, 0.4) is 0 Å². The second kappa shape index (κ2) is 5.17. The van der Waals surface area contributed by atoms with E-state index in [4.69, 9.17) is 0 Å². The van der Waals surface area contributed by atoms with Gasteiger partial charge in [-0.15, -0.1) is 0 Å². The largest absolute Gasteiger partial charge is 0.507 e. The van der Waals surface area contributed by atoms with Crippen LogP contribution in [-0.2, 0) is 0 Å². The van der Waals surface area contributed by atoms with E-state index in [-0.39, 0.29) is 0 Å². The first kappa shape index (κ1) is 13.2. The van der Waals surface area contributed by atoms with E-state index >= 15 is 0 Å². The summed E-state index contributed by atoms with van der Waals surface area (Å²) in [5.74, 6) is 2.30. The number of phenolic OH excluding ortho intramolecular Hbond substituents is 1. The highest BCUT2D eigenvalue weighted by molar-refractivity contribution is 14.1. The van der Waals surface area contributed by atoms with Crippen molar-refractivity contribution in [3.05, 3.63) is 26.8 Å². The Bertz CT molecular complexity index is 410. The molecule has 1 aliphatic rings. The molecule has 94 valence electrons. The van der Waals surface area contributed by atoms with E-state index in [0.717, 1.165) is 23.5 Å². The molecular weight excluding hydrogens is 323 g/mol. The first-order chi connectivity index (χ1) is 8.04. The molecule has 0 aromatic heterocycles. The summed E-state index contributed by atoms with van der Waals surface area (Å²) in [6, 6.07) is 4.29. The maximum absolute atomic E-state index is 10.5. The van der Waals surface area contributed by atoms with Gasteiger partial charge in [-0.05, 0) is 82.9 Å². The second-order valence-corrected chi connectivity index (χ2v) is 6.61. The third-order valence-corrected chi connectivity index (χ3v) is 4.72. The number of aromatic hydroxyl groups is 1. The van der Waals surface area contributed by atoms with Gasteiger partial charge in [-0.1, -0.05) is 20.8 Å². The van der Waals surface area contributed by atoms with Crippen LogP contribution in [0.2, 0.25) is 0 Å². The van der Waals surface area contributed by atoms with Crippen molar-refractivity contribution in [3.8, 4) is 5.75 Å². The molecule has 1 nitrogen and oxygen atoms in total. The molecule has 2 rings (SSSR count). The molecule has 0 saturated heterocycles. The van der Waals surface area contributed by atoms with Crippen molar-refractivity contribution in [2.24, 2.45) is 5.92 Å². The summed E-state index contributed by atoms with van der Waals surface area (Å²) >= 11 is 2.36. The van der Waals surface area contributed by atoms with E-state index in [0.29, 0.717) is 17.6 Å². The van der Waals surface area contributed by atoms with Gasteiger partial charge in [0.05, 0.1) is 0 Å². The predicted molar refractivity (Wildman–Crippen MR) is 80.7 cm³/mol. The summed E-state index contributed by atoms with van der Waals surface area (Å²) < 4.78 is 1.25. The maximum atomic E-state index is 10.5. The number of phenols is 1. The van der Waals surface area contributed by atoms with Gasteiger partial charge >= 0.3 is 0 Å². The van der Waals surface area contributed by atoms with Crippen LogP contribution in [-0.4, -0.2) is 5.11 Å². The monoisotopic (exact) mass is 344 g/mol. The third-order valence-electron chi connectivity index (χ3n) is 4.10. The van der Waals surface area contributed by atoms with Gasteiger partial charge in [0, 0.05) is 3.57 Å². The minimum atomic E-state index is 0.440. The zero-order valence-corrected chi connectivity index (χ0v) is 13.0. The predicted octanol–water partition coefficient (Wildman–Crippen LogP) is 5.02. The van der Waals surface area contributed by atoms with E-state index in [1.165, 1.54) is 16.4 Å². The van der Waals surface area contributed by atoms with E-state index in [2.05, 4.69) is 55.5 Å². The van der Waals surface area contributed by atoms with Crippen molar-refractivity contribution < 1.29 is 5.11 Å². The van der Waals surface area contributed by atoms with Crippen molar-refractivity contribution in [2.75, 3.05) is 0 Å². The summed E-state index contributed by atoms with van der Waals surface area (Å²) in [4.78, 5) is 0. The fourth-order valence-corrected chi connectivity index (χ4v) is 3.11. The highest BCUT2D eigenvalue weighted by atomic mass is 127. The lowest BCUT2D eigenvalue weighted by Crippen LogP contribution is -2.01. The summed E-state index contributed by atoms with van der Waals surface area (Å²) in [5, 5.41) is 10.5. The number of benzene rings is 1.